The molecule has 11 heavy (non-hydrogen) atoms. The van der Waals surface area contributed by atoms with Gasteiger partial charge in [-0.3, -0.25) is 8.63 Å². The summed E-state index contributed by atoms with van der Waals surface area (Å²) in [5.41, 5.74) is -0.278. The molecule has 0 heterocycles. The van der Waals surface area contributed by atoms with Crippen molar-refractivity contribution in [3.63, 3.8) is 0 Å². The Morgan fingerprint density at radius 3 is 2.27 bits per heavy atom. The van der Waals surface area contributed by atoms with E-state index < -0.39 is 13.1 Å². The van der Waals surface area contributed by atoms with Gasteiger partial charge in [-0.15, -0.1) is 0 Å². The molecule has 1 aromatic rings. The maximum atomic E-state index is 12.2. The molecule has 54 valence electrons. The Morgan fingerprint density at radius 2 is 1.91 bits per heavy atom. The van der Waals surface area contributed by atoms with Gasteiger partial charge in [0.2, 0.25) is 0 Å². The molecule has 1 aromatic carbocycles. The largest absolute Gasteiger partial charge is 1.00 e. The van der Waals surface area contributed by atoms with Gasteiger partial charge in [-0.25, -0.2) is 4.39 Å². The van der Waals surface area contributed by atoms with Crippen LogP contribution in [-0.2, 0) is 0 Å². The van der Waals surface area contributed by atoms with Crippen molar-refractivity contribution in [2.45, 2.75) is 0 Å². The minimum atomic E-state index is -2.59. The molecule has 0 atom stereocenters. The predicted octanol–water partition coefficient (Wildman–Crippen LogP) is -1.42. The van der Waals surface area contributed by atoms with E-state index in [2.05, 4.69) is 0 Å². The second-order valence-electron chi connectivity index (χ2n) is 1.86. The van der Waals surface area contributed by atoms with Crippen molar-refractivity contribution in [3.8, 4) is 0 Å². The van der Waals surface area contributed by atoms with Crippen molar-refractivity contribution in [1.29, 1.82) is 0 Å². The summed E-state index contributed by atoms with van der Waals surface area (Å²) in [4.78, 5) is 0. The Kier molecular flexibility index (Phi) is 5.72. The maximum absolute atomic E-state index is 12.2. The number of benzene rings is 1. The predicted molar refractivity (Wildman–Crippen MR) is 35.1 cm³/mol. The van der Waals surface area contributed by atoms with Crippen LogP contribution in [0.3, 0.4) is 0 Å². The van der Waals surface area contributed by atoms with Gasteiger partial charge in [-0.1, -0.05) is 12.1 Å². The second kappa shape index (κ2) is 5.37. The van der Waals surface area contributed by atoms with Crippen LogP contribution in [0.2, 0.25) is 0 Å². The Hall–Kier alpha value is 0.711. The second-order valence-corrected chi connectivity index (χ2v) is 1.86. The molecule has 0 saturated carbocycles. The number of halogens is 3. The average molecular weight is 184 g/mol. The van der Waals surface area contributed by atoms with E-state index in [1.54, 1.807) is 0 Å². The van der Waals surface area contributed by atoms with E-state index in [0.717, 1.165) is 12.1 Å². The van der Waals surface area contributed by atoms with Gasteiger partial charge in [0.1, 0.15) is 5.82 Å². The fraction of sp³-hybridized carbons (Fsp3) is 0. The number of rotatable bonds is 1. The summed E-state index contributed by atoms with van der Waals surface area (Å²) in [5, 5.41) is 0. The first kappa shape index (κ1) is 11.7. The molecule has 0 aliphatic heterocycles. The number of hydrogen-bond donors (Lipinski definition) is 0. The molecule has 0 spiro atoms. The van der Waals surface area contributed by atoms with Crippen LogP contribution in [0.15, 0.2) is 24.3 Å². The van der Waals surface area contributed by atoms with E-state index in [-0.39, 0.29) is 58.3 Å². The van der Waals surface area contributed by atoms with Crippen molar-refractivity contribution >= 4 is 12.7 Å². The molecule has 0 radical (unpaired) electrons. The van der Waals surface area contributed by atoms with Crippen molar-refractivity contribution in [1.82, 2.24) is 0 Å². The van der Waals surface area contributed by atoms with E-state index in [1.807, 2.05) is 0 Å². The number of hydrogen-bond acceptors (Lipinski definition) is 0. The summed E-state index contributed by atoms with van der Waals surface area (Å²) < 4.78 is 35.8. The van der Waals surface area contributed by atoms with Crippen molar-refractivity contribution in [2.75, 3.05) is 0 Å². The quantitative estimate of drug-likeness (QED) is 0.470. The van der Waals surface area contributed by atoms with Gasteiger partial charge in [-0.05, 0) is 17.6 Å². The molecule has 0 nitrogen and oxygen atoms in total. The van der Waals surface area contributed by atoms with E-state index >= 15 is 0 Å². The summed E-state index contributed by atoms with van der Waals surface area (Å²) >= 11 is 0. The van der Waals surface area contributed by atoms with Crippen LogP contribution in [0.5, 0.6) is 0 Å². The fourth-order valence-corrected chi connectivity index (χ4v) is 0.642. The molecule has 0 saturated heterocycles. The third-order valence-corrected chi connectivity index (χ3v) is 1.10. The molecule has 0 amide bonds. The topological polar surface area (TPSA) is 0 Å². The molecule has 0 aliphatic rings. The smallest absolute Gasteiger partial charge is 1.00 e. The van der Waals surface area contributed by atoms with Crippen molar-refractivity contribution in [3.05, 3.63) is 30.1 Å². The van der Waals surface area contributed by atoms with Gasteiger partial charge < -0.3 is 1.43 Å². The van der Waals surface area contributed by atoms with Crippen molar-refractivity contribution < 1.29 is 65.8 Å². The zero-order chi connectivity index (χ0) is 7.56. The van der Waals surface area contributed by atoms with Gasteiger partial charge in [0.15, 0.2) is 0 Å². The first-order valence-corrected chi connectivity index (χ1v) is 2.74. The van der Waals surface area contributed by atoms with Crippen LogP contribution in [-0.4, -0.2) is 7.27 Å². The van der Waals surface area contributed by atoms with Crippen LogP contribution in [0, 0.1) is 5.82 Å². The molecule has 0 unspecified atom stereocenters. The summed E-state index contributed by atoms with van der Waals surface area (Å²) in [6, 6.07) is 4.40. The summed E-state index contributed by atoms with van der Waals surface area (Å²) in [7, 11) is -2.59. The first-order chi connectivity index (χ1) is 4.70. The van der Waals surface area contributed by atoms with E-state index in [1.165, 1.54) is 12.1 Å². The molecule has 5 heteroatoms. The SMILES string of the molecule is FB(F)c1cccc(F)c1.[H-].[K+]. The zero-order valence-electron chi connectivity index (χ0n) is 7.02. The standard InChI is InChI=1S/C6H4BF3.K.H/c8-6-3-1-2-5(4-6)7(9)10;;/h1-4H;;/q;+1;-1. The molecule has 1 rings (SSSR count). The van der Waals surface area contributed by atoms with Gasteiger partial charge in [0.25, 0.3) is 0 Å². The van der Waals surface area contributed by atoms with Gasteiger partial charge >= 0.3 is 58.7 Å². The summed E-state index contributed by atoms with van der Waals surface area (Å²) in [6.07, 6.45) is 0. The summed E-state index contributed by atoms with van der Waals surface area (Å²) in [5.74, 6) is -0.627. The fourth-order valence-electron chi connectivity index (χ4n) is 0.642. The Bertz CT molecular complexity index is 234. The maximum Gasteiger partial charge on any atom is 1.00 e. The first-order valence-electron chi connectivity index (χ1n) is 2.74. The van der Waals surface area contributed by atoms with E-state index in [9.17, 15) is 13.0 Å². The van der Waals surface area contributed by atoms with Crippen LogP contribution in [0.25, 0.3) is 0 Å². The molecular formula is C6H5BF3K. The van der Waals surface area contributed by atoms with Crippen LogP contribution >= 0.6 is 0 Å². The zero-order valence-corrected chi connectivity index (χ0v) is 9.14. The minimum Gasteiger partial charge on any atom is -1.00 e. The van der Waals surface area contributed by atoms with Crippen LogP contribution in [0.1, 0.15) is 1.43 Å². The van der Waals surface area contributed by atoms with Gasteiger partial charge in [0, 0.05) is 0 Å². The molecule has 0 bridgehead atoms. The molecule has 0 aliphatic carbocycles. The Labute approximate surface area is 107 Å². The third kappa shape index (κ3) is 3.76. The normalized spacial score (nSPS) is 8.64. The third-order valence-electron chi connectivity index (χ3n) is 1.10. The van der Waals surface area contributed by atoms with Crippen LogP contribution < -0.4 is 56.8 Å². The molecule has 0 N–H and O–H groups in total. The monoisotopic (exact) mass is 184 g/mol. The van der Waals surface area contributed by atoms with Crippen LogP contribution in [0.4, 0.5) is 13.0 Å². The minimum absolute atomic E-state index is 0. The average Bonchev–Trinajstić information content (AvgIpc) is 1.88. The van der Waals surface area contributed by atoms with Gasteiger partial charge in [-0.2, -0.15) is 0 Å². The van der Waals surface area contributed by atoms with E-state index in [4.69, 9.17) is 0 Å². The van der Waals surface area contributed by atoms with Crippen molar-refractivity contribution in [2.24, 2.45) is 0 Å². The molecular weight excluding hydrogens is 179 g/mol. The molecule has 0 fully saturated rings. The Balaban J connectivity index is 0. The Morgan fingerprint density at radius 1 is 1.27 bits per heavy atom. The molecule has 0 aromatic heterocycles. The summed E-state index contributed by atoms with van der Waals surface area (Å²) in [6.45, 7) is 0. The van der Waals surface area contributed by atoms with E-state index in [0.29, 0.717) is 0 Å². The van der Waals surface area contributed by atoms with Gasteiger partial charge in [0.05, 0.1) is 0 Å².